The van der Waals surface area contributed by atoms with E-state index in [2.05, 4.69) is 5.32 Å². The van der Waals surface area contributed by atoms with E-state index in [9.17, 15) is 17.6 Å². The molecule has 0 heterocycles. The first kappa shape index (κ1) is 18.6. The van der Waals surface area contributed by atoms with Crippen molar-refractivity contribution in [1.82, 2.24) is 0 Å². The number of nitrogens with one attached hydrogen (secondary N) is 1. The van der Waals surface area contributed by atoms with Crippen LogP contribution >= 0.6 is 0 Å². The quantitative estimate of drug-likeness (QED) is 0.701. The smallest absolute Gasteiger partial charge is 0.255 e. The van der Waals surface area contributed by atoms with Crippen molar-refractivity contribution in [3.63, 3.8) is 0 Å². The van der Waals surface area contributed by atoms with E-state index in [0.717, 1.165) is 18.2 Å². The number of sulfonamides is 1. The first-order valence-electron chi connectivity index (χ1n) is 7.79. The molecular weight excluding hydrogens is 371 g/mol. The van der Waals surface area contributed by atoms with Crippen LogP contribution in [0, 0.1) is 5.82 Å². The predicted molar refractivity (Wildman–Crippen MR) is 98.7 cm³/mol. The van der Waals surface area contributed by atoms with Gasteiger partial charge in [-0.25, -0.2) is 17.9 Å². The second-order valence-corrected chi connectivity index (χ2v) is 7.18. The molecule has 0 saturated carbocycles. The summed E-state index contributed by atoms with van der Waals surface area (Å²) >= 11 is 0. The molecule has 0 saturated heterocycles. The van der Waals surface area contributed by atoms with Crippen molar-refractivity contribution in [3.8, 4) is 11.5 Å². The van der Waals surface area contributed by atoms with Gasteiger partial charge < -0.3 is 10.1 Å². The number of amides is 1. The van der Waals surface area contributed by atoms with Gasteiger partial charge in [0.2, 0.25) is 10.0 Å². The van der Waals surface area contributed by atoms with Crippen molar-refractivity contribution in [2.75, 3.05) is 5.32 Å². The first-order chi connectivity index (χ1) is 12.8. The van der Waals surface area contributed by atoms with Gasteiger partial charge in [-0.15, -0.1) is 0 Å². The van der Waals surface area contributed by atoms with Gasteiger partial charge in [0, 0.05) is 11.3 Å². The van der Waals surface area contributed by atoms with Gasteiger partial charge in [0.1, 0.15) is 17.3 Å². The Hall–Kier alpha value is -3.23. The zero-order valence-corrected chi connectivity index (χ0v) is 14.7. The molecule has 27 heavy (non-hydrogen) atoms. The molecule has 0 spiro atoms. The van der Waals surface area contributed by atoms with E-state index < -0.39 is 26.6 Å². The lowest BCUT2D eigenvalue weighted by molar-refractivity contribution is 0.102. The lowest BCUT2D eigenvalue weighted by Crippen LogP contribution is -2.15. The van der Waals surface area contributed by atoms with Crippen LogP contribution < -0.4 is 15.2 Å². The van der Waals surface area contributed by atoms with E-state index >= 15 is 0 Å². The minimum Gasteiger partial charge on any atom is -0.457 e. The van der Waals surface area contributed by atoms with Crippen LogP contribution in [0.4, 0.5) is 10.1 Å². The van der Waals surface area contributed by atoms with E-state index in [1.165, 1.54) is 12.1 Å². The molecule has 6 nitrogen and oxygen atoms in total. The molecule has 0 atom stereocenters. The topological polar surface area (TPSA) is 98.5 Å². The normalized spacial score (nSPS) is 11.0. The van der Waals surface area contributed by atoms with Gasteiger partial charge >= 0.3 is 0 Å². The second kappa shape index (κ2) is 7.56. The van der Waals surface area contributed by atoms with Crippen molar-refractivity contribution in [1.29, 1.82) is 0 Å². The van der Waals surface area contributed by atoms with E-state index in [4.69, 9.17) is 9.88 Å². The maximum atomic E-state index is 13.6. The number of halogens is 1. The molecule has 3 aromatic carbocycles. The molecule has 0 aliphatic carbocycles. The minimum atomic E-state index is -4.09. The molecule has 8 heteroatoms. The fraction of sp³-hybridized carbons (Fsp3) is 0. The summed E-state index contributed by atoms with van der Waals surface area (Å²) in [6, 6.07) is 18.3. The third-order valence-electron chi connectivity index (χ3n) is 3.55. The Kier molecular flexibility index (Phi) is 5.20. The molecular formula is C19H15FN2O4S. The van der Waals surface area contributed by atoms with Gasteiger partial charge in [-0.05, 0) is 54.6 Å². The number of anilines is 1. The first-order valence-corrected chi connectivity index (χ1v) is 9.33. The number of carbonyl (C=O) groups is 1. The molecule has 0 aliphatic heterocycles. The largest absolute Gasteiger partial charge is 0.457 e. The highest BCUT2D eigenvalue weighted by atomic mass is 32.2. The summed E-state index contributed by atoms with van der Waals surface area (Å²) < 4.78 is 42.0. The SMILES string of the molecule is NS(=O)(=O)c1cc(F)cc(NC(=O)c2ccc(Oc3ccccc3)cc2)c1. The highest BCUT2D eigenvalue weighted by molar-refractivity contribution is 7.89. The fourth-order valence-electron chi connectivity index (χ4n) is 2.30. The average molecular weight is 386 g/mol. The highest BCUT2D eigenvalue weighted by Gasteiger charge is 2.13. The predicted octanol–water partition coefficient (Wildman–Crippen LogP) is 3.52. The molecule has 0 bridgehead atoms. The number of nitrogens with two attached hydrogens (primary N) is 1. The molecule has 0 aliphatic rings. The van der Waals surface area contributed by atoms with E-state index in [0.29, 0.717) is 11.5 Å². The van der Waals surface area contributed by atoms with Crippen LogP contribution in [0.2, 0.25) is 0 Å². The zero-order valence-electron chi connectivity index (χ0n) is 13.9. The molecule has 0 radical (unpaired) electrons. The summed E-state index contributed by atoms with van der Waals surface area (Å²) in [4.78, 5) is 11.9. The molecule has 0 unspecified atom stereocenters. The van der Waals surface area contributed by atoms with Crippen LogP contribution in [0.25, 0.3) is 0 Å². The van der Waals surface area contributed by atoms with Crippen LogP contribution in [0.5, 0.6) is 11.5 Å². The second-order valence-electron chi connectivity index (χ2n) is 5.61. The average Bonchev–Trinajstić information content (AvgIpc) is 2.62. The maximum absolute atomic E-state index is 13.6. The Balaban J connectivity index is 1.74. The third kappa shape index (κ3) is 4.90. The van der Waals surface area contributed by atoms with Gasteiger partial charge in [0.15, 0.2) is 0 Å². The Bertz CT molecular complexity index is 1070. The molecule has 0 fully saturated rings. The summed E-state index contributed by atoms with van der Waals surface area (Å²) in [5, 5.41) is 7.44. The summed E-state index contributed by atoms with van der Waals surface area (Å²) in [5.41, 5.74) is 0.269. The van der Waals surface area contributed by atoms with E-state index in [1.807, 2.05) is 18.2 Å². The minimum absolute atomic E-state index is 0.0198. The molecule has 3 rings (SSSR count). The van der Waals surface area contributed by atoms with Gasteiger partial charge in [-0.2, -0.15) is 0 Å². The Morgan fingerprint density at radius 1 is 0.926 bits per heavy atom. The van der Waals surface area contributed by atoms with E-state index in [1.54, 1.807) is 24.3 Å². The number of hydrogen-bond donors (Lipinski definition) is 2. The zero-order chi connectivity index (χ0) is 19.4. The van der Waals surface area contributed by atoms with Crippen LogP contribution in [0.15, 0.2) is 77.7 Å². The monoisotopic (exact) mass is 386 g/mol. The number of hydrogen-bond acceptors (Lipinski definition) is 4. The fourth-order valence-corrected chi connectivity index (χ4v) is 2.87. The number of para-hydroxylation sites is 1. The van der Waals surface area contributed by atoms with E-state index in [-0.39, 0.29) is 11.3 Å². The van der Waals surface area contributed by atoms with Gasteiger partial charge in [0.05, 0.1) is 4.90 Å². The lowest BCUT2D eigenvalue weighted by Gasteiger charge is -2.09. The van der Waals surface area contributed by atoms with Crippen LogP contribution in [0.3, 0.4) is 0 Å². The van der Waals surface area contributed by atoms with Crippen molar-refractivity contribution in [3.05, 3.63) is 84.2 Å². The molecule has 138 valence electrons. The van der Waals surface area contributed by atoms with Crippen LogP contribution in [0.1, 0.15) is 10.4 Å². The number of primary sulfonamides is 1. The van der Waals surface area contributed by atoms with Crippen molar-refractivity contribution >= 4 is 21.6 Å². The number of carbonyl (C=O) groups excluding carboxylic acids is 1. The lowest BCUT2D eigenvalue weighted by atomic mass is 10.2. The van der Waals surface area contributed by atoms with Gasteiger partial charge in [0.25, 0.3) is 5.91 Å². The summed E-state index contributed by atoms with van der Waals surface area (Å²) in [6.45, 7) is 0. The molecule has 3 aromatic rings. The maximum Gasteiger partial charge on any atom is 0.255 e. The highest BCUT2D eigenvalue weighted by Crippen LogP contribution is 2.22. The van der Waals surface area contributed by atoms with Crippen LogP contribution in [-0.4, -0.2) is 14.3 Å². The number of benzene rings is 3. The summed E-state index contributed by atoms with van der Waals surface area (Å²) in [5.74, 6) is -0.166. The summed E-state index contributed by atoms with van der Waals surface area (Å²) in [7, 11) is -4.09. The van der Waals surface area contributed by atoms with Gasteiger partial charge in [-0.1, -0.05) is 18.2 Å². The van der Waals surface area contributed by atoms with Crippen molar-refractivity contribution in [2.45, 2.75) is 4.90 Å². The third-order valence-corrected chi connectivity index (χ3v) is 4.45. The standard InChI is InChI=1S/C19H15FN2O4S/c20-14-10-15(12-18(11-14)27(21,24)25)22-19(23)13-6-8-17(9-7-13)26-16-4-2-1-3-5-16/h1-12H,(H,22,23)(H2,21,24,25). The number of ether oxygens (including phenoxy) is 1. The molecule has 3 N–H and O–H groups in total. The van der Waals surface area contributed by atoms with Gasteiger partial charge in [-0.3, -0.25) is 4.79 Å². The van der Waals surface area contributed by atoms with Crippen molar-refractivity contribution in [2.24, 2.45) is 5.14 Å². The molecule has 1 amide bonds. The number of rotatable bonds is 5. The summed E-state index contributed by atoms with van der Waals surface area (Å²) in [6.07, 6.45) is 0. The van der Waals surface area contributed by atoms with Crippen LogP contribution in [-0.2, 0) is 10.0 Å². The Labute approximate surface area is 155 Å². The Morgan fingerprint density at radius 3 is 2.19 bits per heavy atom. The van der Waals surface area contributed by atoms with Crippen molar-refractivity contribution < 1.29 is 22.3 Å². The Morgan fingerprint density at radius 2 is 1.56 bits per heavy atom. The molecule has 0 aromatic heterocycles.